The van der Waals surface area contributed by atoms with Crippen molar-refractivity contribution in [2.24, 2.45) is 0 Å². The molecule has 142 valence electrons. The van der Waals surface area contributed by atoms with Crippen LogP contribution in [0.25, 0.3) is 0 Å². The van der Waals surface area contributed by atoms with E-state index in [9.17, 15) is 9.59 Å². The molecule has 0 aliphatic carbocycles. The van der Waals surface area contributed by atoms with E-state index in [1.807, 2.05) is 24.3 Å². The second kappa shape index (κ2) is 8.44. The molecular weight excluding hydrogens is 346 g/mol. The summed E-state index contributed by atoms with van der Waals surface area (Å²) in [5, 5.41) is 0. The zero-order valence-corrected chi connectivity index (χ0v) is 15.4. The van der Waals surface area contributed by atoms with Crippen molar-refractivity contribution in [1.82, 2.24) is 15.8 Å². The Morgan fingerprint density at radius 2 is 1.81 bits per heavy atom. The summed E-state index contributed by atoms with van der Waals surface area (Å²) in [6.07, 6.45) is 1.68. The summed E-state index contributed by atoms with van der Waals surface area (Å²) >= 11 is 0. The molecule has 0 unspecified atom stereocenters. The fourth-order valence-electron chi connectivity index (χ4n) is 3.28. The standard InChI is InChI=1S/C20H23N3O4/c1-26-15-10-11-18(27-2)16(13-15)17-9-6-12-23(17)20(25)22-21-19(24)14-7-4-3-5-8-14/h3-5,7-8,10-11,13,17H,6,9,12H2,1-2H3,(H,21,24)(H,22,25)/t17-/m1/s1. The van der Waals surface area contributed by atoms with Crippen LogP contribution in [0, 0.1) is 0 Å². The molecule has 1 fully saturated rings. The van der Waals surface area contributed by atoms with Gasteiger partial charge in [0.2, 0.25) is 0 Å². The van der Waals surface area contributed by atoms with Crippen LogP contribution in [0.15, 0.2) is 48.5 Å². The number of amides is 3. The van der Waals surface area contributed by atoms with Gasteiger partial charge in [0, 0.05) is 17.7 Å². The third-order valence-electron chi connectivity index (χ3n) is 4.63. The van der Waals surface area contributed by atoms with Crippen LogP contribution in [0.3, 0.4) is 0 Å². The number of benzene rings is 2. The molecule has 7 heteroatoms. The van der Waals surface area contributed by atoms with Gasteiger partial charge < -0.3 is 14.4 Å². The smallest absolute Gasteiger partial charge is 0.336 e. The molecule has 0 saturated carbocycles. The largest absolute Gasteiger partial charge is 0.497 e. The first-order valence-corrected chi connectivity index (χ1v) is 8.78. The van der Waals surface area contributed by atoms with Crippen molar-refractivity contribution in [1.29, 1.82) is 0 Å². The number of hydrogen-bond donors (Lipinski definition) is 2. The second-order valence-electron chi connectivity index (χ2n) is 6.21. The Morgan fingerprint density at radius 3 is 2.52 bits per heavy atom. The molecule has 0 radical (unpaired) electrons. The SMILES string of the molecule is COc1ccc(OC)c([C@H]2CCCN2C(=O)NNC(=O)c2ccccc2)c1. The number of nitrogens with zero attached hydrogens (tertiary/aromatic N) is 1. The van der Waals surface area contributed by atoms with E-state index in [1.165, 1.54) is 0 Å². The number of rotatable bonds is 4. The van der Waals surface area contributed by atoms with Crippen molar-refractivity contribution < 1.29 is 19.1 Å². The summed E-state index contributed by atoms with van der Waals surface area (Å²) in [5.41, 5.74) is 6.33. The Kier molecular flexibility index (Phi) is 5.80. The molecule has 3 rings (SSSR count). The van der Waals surface area contributed by atoms with Gasteiger partial charge in [0.15, 0.2) is 0 Å². The van der Waals surface area contributed by atoms with Crippen LogP contribution in [0.2, 0.25) is 0 Å². The van der Waals surface area contributed by atoms with E-state index in [2.05, 4.69) is 10.9 Å². The molecule has 1 aliphatic heterocycles. The molecule has 1 heterocycles. The van der Waals surface area contributed by atoms with Gasteiger partial charge in [-0.25, -0.2) is 10.2 Å². The first-order chi connectivity index (χ1) is 13.1. The van der Waals surface area contributed by atoms with Crippen LogP contribution in [0.5, 0.6) is 11.5 Å². The van der Waals surface area contributed by atoms with Gasteiger partial charge in [-0.3, -0.25) is 10.2 Å². The zero-order chi connectivity index (χ0) is 19.2. The fraction of sp³-hybridized carbons (Fsp3) is 0.300. The van der Waals surface area contributed by atoms with Gasteiger partial charge >= 0.3 is 6.03 Å². The van der Waals surface area contributed by atoms with E-state index >= 15 is 0 Å². The third-order valence-corrected chi connectivity index (χ3v) is 4.63. The number of hydrogen-bond acceptors (Lipinski definition) is 4. The quantitative estimate of drug-likeness (QED) is 0.812. The first-order valence-electron chi connectivity index (χ1n) is 8.78. The number of carbonyl (C=O) groups is 2. The Bertz CT molecular complexity index is 810. The molecule has 1 aliphatic rings. The molecule has 2 aromatic rings. The van der Waals surface area contributed by atoms with Gasteiger partial charge in [-0.05, 0) is 43.2 Å². The molecule has 0 spiro atoms. The van der Waals surface area contributed by atoms with Crippen molar-refractivity contribution in [2.75, 3.05) is 20.8 Å². The Morgan fingerprint density at radius 1 is 1.04 bits per heavy atom. The lowest BCUT2D eigenvalue weighted by molar-refractivity contribution is 0.0928. The average molecular weight is 369 g/mol. The number of hydrazine groups is 1. The summed E-state index contributed by atoms with van der Waals surface area (Å²) in [6.45, 7) is 0.595. The van der Waals surface area contributed by atoms with E-state index in [4.69, 9.17) is 9.47 Å². The highest BCUT2D eigenvalue weighted by Crippen LogP contribution is 2.38. The number of urea groups is 1. The highest BCUT2D eigenvalue weighted by molar-refractivity contribution is 5.95. The van der Waals surface area contributed by atoms with Crippen LogP contribution in [0.1, 0.15) is 34.8 Å². The first kappa shape index (κ1) is 18.6. The van der Waals surface area contributed by atoms with Crippen LogP contribution in [-0.2, 0) is 0 Å². The second-order valence-corrected chi connectivity index (χ2v) is 6.21. The Balaban J connectivity index is 1.71. The van der Waals surface area contributed by atoms with Crippen molar-refractivity contribution in [2.45, 2.75) is 18.9 Å². The van der Waals surface area contributed by atoms with E-state index in [1.54, 1.807) is 43.4 Å². The van der Waals surface area contributed by atoms with Gasteiger partial charge in [-0.15, -0.1) is 0 Å². The molecule has 1 saturated heterocycles. The molecule has 7 nitrogen and oxygen atoms in total. The maximum Gasteiger partial charge on any atom is 0.336 e. The lowest BCUT2D eigenvalue weighted by Gasteiger charge is -2.26. The van der Waals surface area contributed by atoms with E-state index < -0.39 is 0 Å². The maximum atomic E-state index is 12.6. The monoisotopic (exact) mass is 369 g/mol. The number of likely N-dealkylation sites (tertiary alicyclic amines) is 1. The predicted octanol–water partition coefficient (Wildman–Crippen LogP) is 2.90. The fourth-order valence-corrected chi connectivity index (χ4v) is 3.28. The molecule has 27 heavy (non-hydrogen) atoms. The predicted molar refractivity (Wildman–Crippen MR) is 101 cm³/mol. The minimum atomic E-state index is -0.362. The van der Waals surface area contributed by atoms with E-state index in [0.29, 0.717) is 23.6 Å². The third kappa shape index (κ3) is 4.13. The van der Waals surface area contributed by atoms with Gasteiger partial charge in [0.1, 0.15) is 11.5 Å². The van der Waals surface area contributed by atoms with Gasteiger partial charge in [-0.2, -0.15) is 0 Å². The summed E-state index contributed by atoms with van der Waals surface area (Å²) in [4.78, 5) is 26.5. The molecule has 0 bridgehead atoms. The van der Waals surface area contributed by atoms with Crippen LogP contribution < -0.4 is 20.3 Å². The summed E-state index contributed by atoms with van der Waals surface area (Å²) in [5.74, 6) is 1.04. The van der Waals surface area contributed by atoms with Crippen LogP contribution >= 0.6 is 0 Å². The van der Waals surface area contributed by atoms with E-state index in [0.717, 1.165) is 18.4 Å². The van der Waals surface area contributed by atoms with Crippen LogP contribution in [0.4, 0.5) is 4.79 Å². The zero-order valence-electron chi connectivity index (χ0n) is 15.4. The van der Waals surface area contributed by atoms with Gasteiger partial charge in [-0.1, -0.05) is 18.2 Å². The Hall–Kier alpha value is -3.22. The highest BCUT2D eigenvalue weighted by atomic mass is 16.5. The normalized spacial score (nSPS) is 15.9. The Labute approximate surface area is 158 Å². The minimum absolute atomic E-state index is 0.149. The maximum absolute atomic E-state index is 12.6. The molecule has 3 amide bonds. The topological polar surface area (TPSA) is 79.9 Å². The number of carbonyl (C=O) groups excluding carboxylic acids is 2. The number of ether oxygens (including phenoxy) is 2. The molecular formula is C20H23N3O4. The highest BCUT2D eigenvalue weighted by Gasteiger charge is 2.32. The summed E-state index contributed by atoms with van der Waals surface area (Å²) < 4.78 is 10.8. The van der Waals surface area contributed by atoms with Gasteiger partial charge in [0.25, 0.3) is 5.91 Å². The minimum Gasteiger partial charge on any atom is -0.497 e. The van der Waals surface area contributed by atoms with Crippen molar-refractivity contribution >= 4 is 11.9 Å². The number of nitrogens with one attached hydrogen (secondary N) is 2. The molecule has 2 aromatic carbocycles. The van der Waals surface area contributed by atoms with Crippen molar-refractivity contribution in [3.63, 3.8) is 0 Å². The summed E-state index contributed by atoms with van der Waals surface area (Å²) in [6, 6.07) is 13.8. The van der Waals surface area contributed by atoms with E-state index in [-0.39, 0.29) is 18.0 Å². The average Bonchev–Trinajstić information content (AvgIpc) is 3.21. The number of methoxy groups -OCH3 is 2. The lowest BCUT2D eigenvalue weighted by Crippen LogP contribution is -2.48. The molecule has 1 atom stereocenters. The molecule has 2 N–H and O–H groups in total. The van der Waals surface area contributed by atoms with Crippen LogP contribution in [-0.4, -0.2) is 37.6 Å². The lowest BCUT2D eigenvalue weighted by atomic mass is 10.0. The van der Waals surface area contributed by atoms with Crippen molar-refractivity contribution in [3.8, 4) is 11.5 Å². The van der Waals surface area contributed by atoms with Crippen molar-refractivity contribution in [3.05, 3.63) is 59.7 Å². The van der Waals surface area contributed by atoms with Gasteiger partial charge in [0.05, 0.1) is 20.3 Å². The molecule has 0 aromatic heterocycles. The summed E-state index contributed by atoms with van der Waals surface area (Å²) in [7, 11) is 3.20.